The van der Waals surface area contributed by atoms with Gasteiger partial charge in [0.1, 0.15) is 11.6 Å². The van der Waals surface area contributed by atoms with E-state index in [0.29, 0.717) is 18.2 Å². The maximum Gasteiger partial charge on any atom is 0.346 e. The topological polar surface area (TPSA) is 47.6 Å². The molecular formula is C15H22FNO3. The third kappa shape index (κ3) is 5.57. The van der Waals surface area contributed by atoms with Crippen molar-refractivity contribution in [3.05, 3.63) is 29.6 Å². The van der Waals surface area contributed by atoms with Crippen molar-refractivity contribution in [2.45, 2.75) is 33.4 Å². The van der Waals surface area contributed by atoms with E-state index in [9.17, 15) is 9.18 Å². The second kappa shape index (κ2) is 7.85. The fourth-order valence-corrected chi connectivity index (χ4v) is 1.71. The van der Waals surface area contributed by atoms with Crippen LogP contribution in [0.25, 0.3) is 0 Å². The Morgan fingerprint density at radius 1 is 1.30 bits per heavy atom. The quantitative estimate of drug-likeness (QED) is 0.781. The molecule has 1 atom stereocenters. The Morgan fingerprint density at radius 3 is 2.60 bits per heavy atom. The molecule has 5 heteroatoms. The summed E-state index contributed by atoms with van der Waals surface area (Å²) in [6.07, 6.45) is -0.765. The number of nitrogens with one attached hydrogen (secondary N) is 1. The molecule has 0 aromatic heterocycles. The zero-order valence-electron chi connectivity index (χ0n) is 12.4. The Morgan fingerprint density at radius 2 is 2.00 bits per heavy atom. The highest BCUT2D eigenvalue weighted by Gasteiger charge is 2.15. The minimum Gasteiger partial charge on any atom is -0.479 e. The van der Waals surface area contributed by atoms with E-state index in [0.717, 1.165) is 12.1 Å². The standard InChI is InChI=1S/C15H22FNO3/c1-10(2)8-17-9-12-5-13(16)7-14(6-12)20-11(3)15(18)19-4/h5-7,10-11,17H,8-9H2,1-4H3. The van der Waals surface area contributed by atoms with Crippen LogP contribution in [-0.4, -0.2) is 25.7 Å². The van der Waals surface area contributed by atoms with Crippen LogP contribution in [0.4, 0.5) is 4.39 Å². The van der Waals surface area contributed by atoms with Gasteiger partial charge in [0.25, 0.3) is 0 Å². The molecule has 0 saturated heterocycles. The van der Waals surface area contributed by atoms with Crippen LogP contribution in [-0.2, 0) is 16.1 Å². The molecule has 0 radical (unpaired) electrons. The highest BCUT2D eigenvalue weighted by molar-refractivity contribution is 5.74. The van der Waals surface area contributed by atoms with Crippen molar-refractivity contribution in [3.8, 4) is 5.75 Å². The Bertz CT molecular complexity index is 449. The van der Waals surface area contributed by atoms with E-state index in [1.54, 1.807) is 13.0 Å². The number of methoxy groups -OCH3 is 1. The molecule has 1 N–H and O–H groups in total. The fraction of sp³-hybridized carbons (Fsp3) is 0.533. The number of halogens is 1. The van der Waals surface area contributed by atoms with Gasteiger partial charge in [0.05, 0.1) is 7.11 Å². The van der Waals surface area contributed by atoms with Crippen molar-refractivity contribution in [1.82, 2.24) is 5.32 Å². The van der Waals surface area contributed by atoms with Crippen LogP contribution in [0.15, 0.2) is 18.2 Å². The average molecular weight is 283 g/mol. The number of carbonyl (C=O) groups is 1. The maximum atomic E-state index is 13.5. The number of esters is 1. The summed E-state index contributed by atoms with van der Waals surface area (Å²) in [6.45, 7) is 7.17. The Labute approximate surface area is 119 Å². The van der Waals surface area contributed by atoms with Gasteiger partial charge in [-0.3, -0.25) is 0 Å². The molecule has 0 spiro atoms. The summed E-state index contributed by atoms with van der Waals surface area (Å²) in [5, 5.41) is 3.23. The summed E-state index contributed by atoms with van der Waals surface area (Å²) in [6, 6.07) is 4.42. The molecule has 1 rings (SSSR count). The van der Waals surface area contributed by atoms with E-state index in [1.807, 2.05) is 0 Å². The molecule has 0 saturated carbocycles. The lowest BCUT2D eigenvalue weighted by Crippen LogP contribution is -2.25. The van der Waals surface area contributed by atoms with Gasteiger partial charge in [0.2, 0.25) is 0 Å². The predicted octanol–water partition coefficient (Wildman–Crippen LogP) is 2.51. The molecule has 0 fully saturated rings. The fourth-order valence-electron chi connectivity index (χ4n) is 1.71. The highest BCUT2D eigenvalue weighted by Crippen LogP contribution is 2.18. The number of hydrogen-bond acceptors (Lipinski definition) is 4. The lowest BCUT2D eigenvalue weighted by atomic mass is 10.2. The van der Waals surface area contributed by atoms with Gasteiger partial charge in [-0.1, -0.05) is 13.8 Å². The van der Waals surface area contributed by atoms with Crippen molar-refractivity contribution in [2.24, 2.45) is 5.92 Å². The Balaban J connectivity index is 2.68. The zero-order valence-corrected chi connectivity index (χ0v) is 12.4. The Kier molecular flexibility index (Phi) is 6.45. The van der Waals surface area contributed by atoms with Gasteiger partial charge in [-0.15, -0.1) is 0 Å². The first-order chi connectivity index (χ1) is 9.42. The summed E-state index contributed by atoms with van der Waals surface area (Å²) >= 11 is 0. The Hall–Kier alpha value is -1.62. The van der Waals surface area contributed by atoms with Gasteiger partial charge in [0, 0.05) is 12.6 Å². The van der Waals surface area contributed by atoms with Crippen LogP contribution < -0.4 is 10.1 Å². The van der Waals surface area contributed by atoms with E-state index in [-0.39, 0.29) is 5.82 Å². The summed E-state index contributed by atoms with van der Waals surface area (Å²) < 4.78 is 23.5. The molecule has 1 aromatic rings. The molecular weight excluding hydrogens is 261 g/mol. The van der Waals surface area contributed by atoms with E-state index in [1.165, 1.54) is 19.2 Å². The van der Waals surface area contributed by atoms with Gasteiger partial charge in [0.15, 0.2) is 6.10 Å². The van der Waals surface area contributed by atoms with Crippen LogP contribution in [0.5, 0.6) is 5.75 Å². The second-order valence-electron chi connectivity index (χ2n) is 5.10. The number of carbonyl (C=O) groups excluding carboxylic acids is 1. The number of ether oxygens (including phenoxy) is 2. The lowest BCUT2D eigenvalue weighted by molar-refractivity contribution is -0.147. The molecule has 0 aliphatic heterocycles. The molecule has 4 nitrogen and oxygen atoms in total. The van der Waals surface area contributed by atoms with Gasteiger partial charge in [-0.05, 0) is 37.1 Å². The lowest BCUT2D eigenvalue weighted by Gasteiger charge is -2.14. The molecule has 1 aromatic carbocycles. The minimum absolute atomic E-state index is 0.323. The first-order valence-corrected chi connectivity index (χ1v) is 6.67. The minimum atomic E-state index is -0.765. The van der Waals surface area contributed by atoms with Gasteiger partial charge < -0.3 is 14.8 Å². The molecule has 0 aliphatic rings. The first-order valence-electron chi connectivity index (χ1n) is 6.67. The van der Waals surface area contributed by atoms with Gasteiger partial charge >= 0.3 is 5.97 Å². The van der Waals surface area contributed by atoms with Crippen molar-refractivity contribution >= 4 is 5.97 Å². The third-order valence-corrected chi connectivity index (χ3v) is 2.66. The SMILES string of the molecule is COC(=O)C(C)Oc1cc(F)cc(CNCC(C)C)c1. The van der Waals surface area contributed by atoms with Crippen molar-refractivity contribution in [2.75, 3.05) is 13.7 Å². The van der Waals surface area contributed by atoms with Crippen LogP contribution in [0.3, 0.4) is 0 Å². The van der Waals surface area contributed by atoms with Gasteiger partial charge in [-0.2, -0.15) is 0 Å². The van der Waals surface area contributed by atoms with Crippen molar-refractivity contribution in [3.63, 3.8) is 0 Å². The van der Waals surface area contributed by atoms with Crippen molar-refractivity contribution < 1.29 is 18.7 Å². The van der Waals surface area contributed by atoms with E-state index < -0.39 is 12.1 Å². The third-order valence-electron chi connectivity index (χ3n) is 2.66. The normalized spacial score (nSPS) is 12.3. The number of rotatable bonds is 7. The molecule has 0 aliphatic carbocycles. The molecule has 112 valence electrons. The zero-order chi connectivity index (χ0) is 15.1. The number of hydrogen-bond donors (Lipinski definition) is 1. The van der Waals surface area contributed by atoms with Crippen molar-refractivity contribution in [1.29, 1.82) is 0 Å². The van der Waals surface area contributed by atoms with E-state index in [4.69, 9.17) is 4.74 Å². The van der Waals surface area contributed by atoms with Crippen LogP contribution in [0, 0.1) is 11.7 Å². The van der Waals surface area contributed by atoms with Gasteiger partial charge in [-0.25, -0.2) is 9.18 Å². The smallest absolute Gasteiger partial charge is 0.346 e. The van der Waals surface area contributed by atoms with Crippen LogP contribution in [0.2, 0.25) is 0 Å². The molecule has 1 unspecified atom stereocenters. The predicted molar refractivity (Wildman–Crippen MR) is 75.1 cm³/mol. The highest BCUT2D eigenvalue weighted by atomic mass is 19.1. The monoisotopic (exact) mass is 283 g/mol. The average Bonchev–Trinajstić information content (AvgIpc) is 2.36. The molecule has 0 heterocycles. The van der Waals surface area contributed by atoms with E-state index >= 15 is 0 Å². The first kappa shape index (κ1) is 16.4. The van der Waals surface area contributed by atoms with E-state index in [2.05, 4.69) is 23.9 Å². The largest absolute Gasteiger partial charge is 0.479 e. The maximum absolute atomic E-state index is 13.5. The summed E-state index contributed by atoms with van der Waals surface area (Å²) in [5.74, 6) is -0.0301. The molecule has 0 bridgehead atoms. The summed E-state index contributed by atoms with van der Waals surface area (Å²) in [7, 11) is 1.29. The van der Waals surface area contributed by atoms with Crippen LogP contribution >= 0.6 is 0 Å². The number of benzene rings is 1. The van der Waals surface area contributed by atoms with Crippen LogP contribution in [0.1, 0.15) is 26.3 Å². The summed E-state index contributed by atoms with van der Waals surface area (Å²) in [5.41, 5.74) is 0.776. The molecule has 20 heavy (non-hydrogen) atoms. The summed E-state index contributed by atoms with van der Waals surface area (Å²) in [4.78, 5) is 11.3. The second-order valence-corrected chi connectivity index (χ2v) is 5.10. The molecule has 0 amide bonds.